The van der Waals surface area contributed by atoms with E-state index >= 15 is 0 Å². The van der Waals surface area contributed by atoms with E-state index < -0.39 is 0 Å². The van der Waals surface area contributed by atoms with E-state index in [1.165, 1.54) is 0 Å². The van der Waals surface area contributed by atoms with Gasteiger partial charge in [-0.25, -0.2) is 4.98 Å². The highest BCUT2D eigenvalue weighted by molar-refractivity contribution is 7.98. The molecular weight excluding hydrogens is 170 g/mol. The molecular formula is C8H15N3S. The van der Waals surface area contributed by atoms with Crippen LogP contribution in [0.1, 0.15) is 19.7 Å². The Bertz CT molecular complexity index is 244. The fraction of sp³-hybridized carbons (Fsp3) is 0.625. The molecule has 0 saturated heterocycles. The number of thioether (sulfide) groups is 1. The van der Waals surface area contributed by atoms with Gasteiger partial charge in [0.15, 0.2) is 0 Å². The maximum Gasteiger partial charge on any atom is 0.141 e. The lowest BCUT2D eigenvalue weighted by Gasteiger charge is -2.01. The lowest BCUT2D eigenvalue weighted by molar-refractivity contribution is 0.726. The third-order valence-electron chi connectivity index (χ3n) is 1.65. The SMILES string of the molecule is CCSCc1nc(N)cn1CC. The largest absolute Gasteiger partial charge is 0.382 e. The summed E-state index contributed by atoms with van der Waals surface area (Å²) in [5.74, 6) is 3.79. The van der Waals surface area contributed by atoms with Gasteiger partial charge < -0.3 is 10.3 Å². The van der Waals surface area contributed by atoms with E-state index in [4.69, 9.17) is 5.73 Å². The quantitative estimate of drug-likeness (QED) is 0.777. The second-order valence-corrected chi connectivity index (χ2v) is 3.78. The van der Waals surface area contributed by atoms with E-state index in [-0.39, 0.29) is 0 Å². The molecule has 1 rings (SSSR count). The Morgan fingerprint density at radius 2 is 2.33 bits per heavy atom. The van der Waals surface area contributed by atoms with Crippen molar-refractivity contribution in [1.29, 1.82) is 0 Å². The van der Waals surface area contributed by atoms with E-state index in [0.29, 0.717) is 5.82 Å². The second-order valence-electron chi connectivity index (χ2n) is 2.51. The van der Waals surface area contributed by atoms with Gasteiger partial charge in [-0.05, 0) is 12.7 Å². The third-order valence-corrected chi connectivity index (χ3v) is 2.52. The van der Waals surface area contributed by atoms with E-state index in [0.717, 1.165) is 23.9 Å². The molecule has 1 aromatic rings. The minimum absolute atomic E-state index is 0.628. The molecule has 1 heterocycles. The van der Waals surface area contributed by atoms with Crippen molar-refractivity contribution in [2.75, 3.05) is 11.5 Å². The standard InChI is InChI=1S/C8H15N3S/c1-3-11-5-7(9)10-8(11)6-12-4-2/h5H,3-4,6,9H2,1-2H3. The fourth-order valence-electron chi connectivity index (χ4n) is 1.06. The van der Waals surface area contributed by atoms with E-state index in [1.54, 1.807) is 0 Å². The monoisotopic (exact) mass is 185 g/mol. The molecule has 2 N–H and O–H groups in total. The molecule has 0 amide bonds. The summed E-state index contributed by atoms with van der Waals surface area (Å²) in [5.41, 5.74) is 5.59. The average molecular weight is 185 g/mol. The van der Waals surface area contributed by atoms with E-state index in [1.807, 2.05) is 18.0 Å². The summed E-state index contributed by atoms with van der Waals surface area (Å²) in [7, 11) is 0. The zero-order chi connectivity index (χ0) is 8.97. The van der Waals surface area contributed by atoms with Gasteiger partial charge in [0.25, 0.3) is 0 Å². The minimum Gasteiger partial charge on any atom is -0.382 e. The highest BCUT2D eigenvalue weighted by atomic mass is 32.2. The highest BCUT2D eigenvalue weighted by Crippen LogP contribution is 2.12. The number of aromatic nitrogens is 2. The Kier molecular flexibility index (Phi) is 3.47. The second kappa shape index (κ2) is 4.40. The average Bonchev–Trinajstić information content (AvgIpc) is 2.42. The van der Waals surface area contributed by atoms with Gasteiger partial charge >= 0.3 is 0 Å². The zero-order valence-corrected chi connectivity index (χ0v) is 8.40. The van der Waals surface area contributed by atoms with Gasteiger partial charge in [0.2, 0.25) is 0 Å². The van der Waals surface area contributed by atoms with Crippen LogP contribution in [0.2, 0.25) is 0 Å². The van der Waals surface area contributed by atoms with E-state index in [2.05, 4.69) is 23.4 Å². The Morgan fingerprint density at radius 1 is 1.58 bits per heavy atom. The summed E-state index contributed by atoms with van der Waals surface area (Å²) in [4.78, 5) is 4.24. The van der Waals surface area contributed by atoms with Gasteiger partial charge in [0, 0.05) is 12.7 Å². The fourth-order valence-corrected chi connectivity index (χ4v) is 1.68. The van der Waals surface area contributed by atoms with Gasteiger partial charge in [0.05, 0.1) is 5.75 Å². The van der Waals surface area contributed by atoms with Crippen LogP contribution in [-0.2, 0) is 12.3 Å². The summed E-state index contributed by atoms with van der Waals surface area (Å²) in [5, 5.41) is 0. The van der Waals surface area contributed by atoms with Gasteiger partial charge in [-0.3, -0.25) is 0 Å². The lowest BCUT2D eigenvalue weighted by Crippen LogP contribution is -1.98. The molecule has 0 atom stereocenters. The van der Waals surface area contributed by atoms with Gasteiger partial charge in [-0.15, -0.1) is 0 Å². The van der Waals surface area contributed by atoms with Crippen LogP contribution >= 0.6 is 11.8 Å². The van der Waals surface area contributed by atoms with Gasteiger partial charge in [0.1, 0.15) is 11.6 Å². The molecule has 0 bridgehead atoms. The highest BCUT2D eigenvalue weighted by Gasteiger charge is 2.02. The first-order chi connectivity index (χ1) is 5.77. The minimum atomic E-state index is 0.628. The van der Waals surface area contributed by atoms with Crippen molar-refractivity contribution in [3.05, 3.63) is 12.0 Å². The van der Waals surface area contributed by atoms with Crippen LogP contribution in [-0.4, -0.2) is 15.3 Å². The van der Waals surface area contributed by atoms with Gasteiger partial charge in [-0.1, -0.05) is 6.92 Å². The number of aryl methyl sites for hydroxylation is 1. The number of hydrogen-bond acceptors (Lipinski definition) is 3. The topological polar surface area (TPSA) is 43.8 Å². The first-order valence-corrected chi connectivity index (χ1v) is 5.32. The van der Waals surface area contributed by atoms with Crippen LogP contribution < -0.4 is 5.73 Å². The number of hydrogen-bond donors (Lipinski definition) is 1. The van der Waals surface area contributed by atoms with Crippen molar-refractivity contribution in [1.82, 2.24) is 9.55 Å². The normalized spacial score (nSPS) is 10.5. The van der Waals surface area contributed by atoms with Crippen LogP contribution in [0, 0.1) is 0 Å². The summed E-state index contributed by atoms with van der Waals surface area (Å²) in [6, 6.07) is 0. The number of rotatable bonds is 4. The molecule has 1 aromatic heterocycles. The Balaban J connectivity index is 2.68. The summed E-state index contributed by atoms with van der Waals surface area (Å²) in [6.45, 7) is 5.19. The molecule has 0 spiro atoms. The Hall–Kier alpha value is -0.640. The first kappa shape index (κ1) is 9.45. The predicted octanol–water partition coefficient (Wildman–Crippen LogP) is 1.74. The molecule has 0 unspecified atom stereocenters. The number of nitrogens with zero attached hydrogens (tertiary/aromatic N) is 2. The molecule has 3 nitrogen and oxygen atoms in total. The lowest BCUT2D eigenvalue weighted by atomic mass is 10.6. The summed E-state index contributed by atoms with van der Waals surface area (Å²) >= 11 is 1.87. The summed E-state index contributed by atoms with van der Waals surface area (Å²) < 4.78 is 2.10. The molecule has 12 heavy (non-hydrogen) atoms. The van der Waals surface area contributed by atoms with E-state index in [9.17, 15) is 0 Å². The van der Waals surface area contributed by atoms with Crippen molar-refractivity contribution in [2.24, 2.45) is 0 Å². The van der Waals surface area contributed by atoms with Crippen LogP contribution in [0.15, 0.2) is 6.20 Å². The van der Waals surface area contributed by atoms with Crippen LogP contribution in [0.5, 0.6) is 0 Å². The summed E-state index contributed by atoms with van der Waals surface area (Å²) in [6.07, 6.45) is 1.89. The number of nitrogens with two attached hydrogens (primary N) is 1. The number of anilines is 1. The van der Waals surface area contributed by atoms with Crippen LogP contribution in [0.3, 0.4) is 0 Å². The molecule has 0 radical (unpaired) electrons. The molecule has 0 aliphatic carbocycles. The molecule has 68 valence electrons. The van der Waals surface area contributed by atoms with Crippen LogP contribution in [0.25, 0.3) is 0 Å². The van der Waals surface area contributed by atoms with Crippen molar-refractivity contribution in [2.45, 2.75) is 26.1 Å². The van der Waals surface area contributed by atoms with Crippen molar-refractivity contribution in [3.63, 3.8) is 0 Å². The number of imidazole rings is 1. The number of nitrogen functional groups attached to an aromatic ring is 1. The van der Waals surface area contributed by atoms with Crippen molar-refractivity contribution >= 4 is 17.6 Å². The molecule has 0 aliphatic rings. The van der Waals surface area contributed by atoms with Crippen molar-refractivity contribution in [3.8, 4) is 0 Å². The van der Waals surface area contributed by atoms with Crippen LogP contribution in [0.4, 0.5) is 5.82 Å². The molecule has 4 heteroatoms. The molecule has 0 saturated carbocycles. The van der Waals surface area contributed by atoms with Gasteiger partial charge in [-0.2, -0.15) is 11.8 Å². The Labute approximate surface area is 77.4 Å². The Morgan fingerprint density at radius 3 is 2.92 bits per heavy atom. The smallest absolute Gasteiger partial charge is 0.141 e. The third kappa shape index (κ3) is 2.17. The molecule has 0 aromatic carbocycles. The van der Waals surface area contributed by atoms with Crippen molar-refractivity contribution < 1.29 is 0 Å². The first-order valence-electron chi connectivity index (χ1n) is 4.17. The zero-order valence-electron chi connectivity index (χ0n) is 7.58. The maximum atomic E-state index is 5.59. The predicted molar refractivity (Wildman–Crippen MR) is 54.1 cm³/mol. The molecule has 0 aliphatic heterocycles. The molecule has 0 fully saturated rings. The maximum absolute atomic E-state index is 5.59.